The molecule has 3 heterocycles. The van der Waals surface area contributed by atoms with Crippen LogP contribution >= 0.6 is 11.8 Å². The van der Waals surface area contributed by atoms with Gasteiger partial charge < -0.3 is 19.1 Å². The van der Waals surface area contributed by atoms with Crippen molar-refractivity contribution < 1.29 is 9.26 Å². The van der Waals surface area contributed by atoms with E-state index in [4.69, 9.17) is 9.26 Å². The first kappa shape index (κ1) is 17.1. The summed E-state index contributed by atoms with van der Waals surface area (Å²) in [5.41, 5.74) is 0. The third-order valence-electron chi connectivity index (χ3n) is 3.87. The number of nitrogens with one attached hydrogen (secondary N) is 1. The van der Waals surface area contributed by atoms with Crippen LogP contribution in [0.2, 0.25) is 0 Å². The zero-order valence-electron chi connectivity index (χ0n) is 13.8. The molecule has 0 amide bonds. The molecular weight excluding hydrogens is 328 g/mol. The Bertz CT molecular complexity index is 665. The van der Waals surface area contributed by atoms with E-state index in [1.165, 1.54) is 0 Å². The topological polar surface area (TPSA) is 90.9 Å². The van der Waals surface area contributed by atoms with Gasteiger partial charge in [0.1, 0.15) is 12.4 Å². The molecule has 3 rings (SSSR count). The van der Waals surface area contributed by atoms with E-state index in [9.17, 15) is 0 Å². The molecule has 1 aliphatic heterocycles. The van der Waals surface area contributed by atoms with E-state index in [1.807, 2.05) is 6.08 Å². The van der Waals surface area contributed by atoms with Crippen LogP contribution in [-0.4, -0.2) is 45.1 Å². The highest BCUT2D eigenvalue weighted by Crippen LogP contribution is 2.28. The van der Waals surface area contributed by atoms with Crippen molar-refractivity contribution >= 4 is 11.8 Å². The summed E-state index contributed by atoms with van der Waals surface area (Å²) in [5.74, 6) is 3.16. The highest BCUT2D eigenvalue weighted by Gasteiger charge is 2.23. The minimum absolute atomic E-state index is 0.348. The number of nitrogens with zero attached hydrogens (tertiary/aromatic N) is 5. The van der Waals surface area contributed by atoms with Crippen molar-refractivity contribution in [3.8, 4) is 0 Å². The SMILES string of the molecule is C=CCn1c(SCc2nc(COC)no2)nnc1C1CCNCC1. The van der Waals surface area contributed by atoms with Gasteiger partial charge in [0.15, 0.2) is 11.0 Å². The highest BCUT2D eigenvalue weighted by atomic mass is 32.2. The monoisotopic (exact) mass is 350 g/mol. The van der Waals surface area contributed by atoms with E-state index < -0.39 is 0 Å². The van der Waals surface area contributed by atoms with Gasteiger partial charge in [-0.25, -0.2) is 0 Å². The molecule has 0 spiro atoms. The third kappa shape index (κ3) is 4.03. The molecular formula is C15H22N6O2S. The maximum absolute atomic E-state index is 5.21. The van der Waals surface area contributed by atoms with E-state index in [0.29, 0.717) is 36.5 Å². The Labute approximate surface area is 145 Å². The van der Waals surface area contributed by atoms with Crippen LogP contribution in [0.3, 0.4) is 0 Å². The van der Waals surface area contributed by atoms with E-state index in [0.717, 1.165) is 36.9 Å². The summed E-state index contributed by atoms with van der Waals surface area (Å²) in [4.78, 5) is 4.28. The predicted molar refractivity (Wildman–Crippen MR) is 89.6 cm³/mol. The predicted octanol–water partition coefficient (Wildman–Crippen LogP) is 1.75. The molecule has 1 aliphatic rings. The average Bonchev–Trinajstić information content (AvgIpc) is 3.22. The summed E-state index contributed by atoms with van der Waals surface area (Å²) in [6, 6.07) is 0. The molecule has 8 nitrogen and oxygen atoms in total. The molecule has 130 valence electrons. The molecule has 2 aromatic heterocycles. The molecule has 2 aromatic rings. The molecule has 0 unspecified atom stereocenters. The Balaban J connectivity index is 1.69. The fraction of sp³-hybridized carbons (Fsp3) is 0.600. The third-order valence-corrected chi connectivity index (χ3v) is 4.82. The standard InChI is InChI=1S/C15H22N6O2S/c1-3-8-21-14(11-4-6-16-7-5-11)18-19-15(21)24-10-13-17-12(9-22-2)20-23-13/h3,11,16H,1,4-10H2,2H3. The van der Waals surface area contributed by atoms with E-state index in [-0.39, 0.29) is 0 Å². The Morgan fingerprint density at radius 3 is 3.00 bits per heavy atom. The Morgan fingerprint density at radius 1 is 1.42 bits per heavy atom. The van der Waals surface area contributed by atoms with Gasteiger partial charge in [-0.05, 0) is 25.9 Å². The van der Waals surface area contributed by atoms with Gasteiger partial charge in [-0.1, -0.05) is 23.0 Å². The van der Waals surface area contributed by atoms with Crippen molar-refractivity contribution in [2.75, 3.05) is 20.2 Å². The summed E-state index contributed by atoms with van der Waals surface area (Å²) in [6.45, 7) is 6.95. The number of methoxy groups -OCH3 is 1. The van der Waals surface area contributed by atoms with Gasteiger partial charge in [0.25, 0.3) is 0 Å². The maximum atomic E-state index is 5.21. The van der Waals surface area contributed by atoms with Crippen molar-refractivity contribution in [1.29, 1.82) is 0 Å². The van der Waals surface area contributed by atoms with Crippen LogP contribution in [0.15, 0.2) is 22.3 Å². The second-order valence-corrected chi connectivity index (χ2v) is 6.53. The molecule has 1 saturated heterocycles. The largest absolute Gasteiger partial charge is 0.377 e. The molecule has 24 heavy (non-hydrogen) atoms. The summed E-state index contributed by atoms with van der Waals surface area (Å²) in [7, 11) is 1.60. The molecule has 0 radical (unpaired) electrons. The zero-order chi connectivity index (χ0) is 16.8. The Morgan fingerprint density at radius 2 is 2.25 bits per heavy atom. The first-order valence-corrected chi connectivity index (χ1v) is 8.98. The quantitative estimate of drug-likeness (QED) is 0.569. The first-order chi connectivity index (χ1) is 11.8. The fourth-order valence-corrected chi connectivity index (χ4v) is 3.54. The average molecular weight is 350 g/mol. The van der Waals surface area contributed by atoms with Crippen LogP contribution in [0.4, 0.5) is 0 Å². The summed E-state index contributed by atoms with van der Waals surface area (Å²) < 4.78 is 12.3. The zero-order valence-corrected chi connectivity index (χ0v) is 14.6. The lowest BCUT2D eigenvalue weighted by molar-refractivity contribution is 0.174. The number of allylic oxidation sites excluding steroid dienone is 1. The second kappa shape index (κ2) is 8.41. The normalized spacial score (nSPS) is 15.7. The van der Waals surface area contributed by atoms with Crippen LogP contribution in [0.1, 0.15) is 36.3 Å². The van der Waals surface area contributed by atoms with Gasteiger partial charge >= 0.3 is 0 Å². The molecule has 1 fully saturated rings. The molecule has 0 bridgehead atoms. The molecule has 0 saturated carbocycles. The fourth-order valence-electron chi connectivity index (χ4n) is 2.75. The van der Waals surface area contributed by atoms with Gasteiger partial charge in [0.2, 0.25) is 5.89 Å². The van der Waals surface area contributed by atoms with Crippen molar-refractivity contribution in [3.05, 3.63) is 30.2 Å². The maximum Gasteiger partial charge on any atom is 0.237 e. The second-order valence-electron chi connectivity index (χ2n) is 5.59. The van der Waals surface area contributed by atoms with Crippen LogP contribution in [0, 0.1) is 0 Å². The Kier molecular flexibility index (Phi) is 6.00. The number of aromatic nitrogens is 5. The minimum atomic E-state index is 0.348. The number of piperidine rings is 1. The van der Waals surface area contributed by atoms with Gasteiger partial charge in [-0.15, -0.1) is 16.8 Å². The lowest BCUT2D eigenvalue weighted by Crippen LogP contribution is -2.28. The van der Waals surface area contributed by atoms with Crippen LogP contribution in [-0.2, 0) is 23.6 Å². The van der Waals surface area contributed by atoms with Crippen molar-refractivity contribution in [1.82, 2.24) is 30.2 Å². The smallest absolute Gasteiger partial charge is 0.237 e. The molecule has 0 atom stereocenters. The van der Waals surface area contributed by atoms with Crippen molar-refractivity contribution in [3.63, 3.8) is 0 Å². The number of thioether (sulfide) groups is 1. The molecule has 0 aromatic carbocycles. The van der Waals surface area contributed by atoms with E-state index >= 15 is 0 Å². The molecule has 9 heteroatoms. The first-order valence-electron chi connectivity index (χ1n) is 7.99. The number of hydrogen-bond donors (Lipinski definition) is 1. The summed E-state index contributed by atoms with van der Waals surface area (Å²) in [5, 5.41) is 16.9. The molecule has 0 aliphatic carbocycles. The van der Waals surface area contributed by atoms with Crippen molar-refractivity contribution in [2.24, 2.45) is 0 Å². The number of ether oxygens (including phenoxy) is 1. The van der Waals surface area contributed by atoms with Gasteiger partial charge in [-0.3, -0.25) is 0 Å². The lowest BCUT2D eigenvalue weighted by atomic mass is 9.97. The summed E-state index contributed by atoms with van der Waals surface area (Å²) in [6.07, 6.45) is 4.05. The number of hydrogen-bond acceptors (Lipinski definition) is 8. The Hall–Kier alpha value is -1.71. The van der Waals surface area contributed by atoms with Gasteiger partial charge in [0, 0.05) is 19.6 Å². The molecule has 1 N–H and O–H groups in total. The van der Waals surface area contributed by atoms with Crippen LogP contribution in [0.25, 0.3) is 0 Å². The minimum Gasteiger partial charge on any atom is -0.377 e. The van der Waals surface area contributed by atoms with E-state index in [2.05, 4.69) is 36.8 Å². The van der Waals surface area contributed by atoms with E-state index in [1.54, 1.807) is 18.9 Å². The van der Waals surface area contributed by atoms with Gasteiger partial charge in [0.05, 0.1) is 5.75 Å². The lowest BCUT2D eigenvalue weighted by Gasteiger charge is -2.22. The summed E-state index contributed by atoms with van der Waals surface area (Å²) >= 11 is 1.55. The van der Waals surface area contributed by atoms with Crippen LogP contribution < -0.4 is 5.32 Å². The van der Waals surface area contributed by atoms with Crippen molar-refractivity contribution in [2.45, 2.75) is 42.8 Å². The number of rotatable bonds is 8. The van der Waals surface area contributed by atoms with Crippen LogP contribution in [0.5, 0.6) is 0 Å². The highest BCUT2D eigenvalue weighted by molar-refractivity contribution is 7.98. The van der Waals surface area contributed by atoms with Gasteiger partial charge in [-0.2, -0.15) is 4.98 Å².